The highest BCUT2D eigenvalue weighted by Gasteiger charge is 1.97. The Bertz CT molecular complexity index is 336. The minimum Gasteiger partial charge on any atom is -0.481 e. The molecule has 80 valence electrons. The molecular weight excluding hydrogens is 190 g/mol. The zero-order valence-electron chi connectivity index (χ0n) is 8.73. The van der Waals surface area contributed by atoms with Gasteiger partial charge in [-0.05, 0) is 31.0 Å². The highest BCUT2D eigenvalue weighted by Crippen LogP contribution is 2.07. The predicted octanol–water partition coefficient (Wildman–Crippen LogP) is 1.93. The summed E-state index contributed by atoms with van der Waals surface area (Å²) in [6.07, 6.45) is 5.33. The van der Waals surface area contributed by atoms with Crippen molar-refractivity contribution in [2.75, 3.05) is 5.73 Å². The van der Waals surface area contributed by atoms with Crippen molar-refractivity contribution in [1.29, 1.82) is 0 Å². The van der Waals surface area contributed by atoms with Crippen LogP contribution >= 0.6 is 0 Å². The Kier molecular flexibility index (Phi) is 6.48. The van der Waals surface area contributed by atoms with Crippen LogP contribution in [0.4, 0.5) is 5.69 Å². The highest BCUT2D eigenvalue weighted by molar-refractivity contribution is 5.67. The molecule has 0 bridgehead atoms. The molecule has 1 aromatic rings. The van der Waals surface area contributed by atoms with Gasteiger partial charge in [-0.25, -0.2) is 0 Å². The number of aliphatic carboxylic acids is 1. The molecule has 3 nitrogen and oxygen atoms in total. The maximum atomic E-state index is 10.2. The zero-order valence-corrected chi connectivity index (χ0v) is 8.73. The first-order chi connectivity index (χ1) is 7.10. The summed E-state index contributed by atoms with van der Waals surface area (Å²) in [7, 11) is 0. The van der Waals surface area contributed by atoms with Crippen molar-refractivity contribution in [2.24, 2.45) is 0 Å². The van der Waals surface area contributed by atoms with Gasteiger partial charge in [0, 0.05) is 12.1 Å². The third-order valence-corrected chi connectivity index (χ3v) is 1.61. The number of carbonyl (C=O) groups is 1. The molecule has 1 aromatic carbocycles. The molecule has 0 aliphatic carbocycles. The van der Waals surface area contributed by atoms with Gasteiger partial charge in [0.2, 0.25) is 0 Å². The molecule has 0 aliphatic heterocycles. The fourth-order valence-electron chi connectivity index (χ4n) is 0.936. The van der Waals surface area contributed by atoms with E-state index in [9.17, 15) is 4.79 Å². The van der Waals surface area contributed by atoms with Gasteiger partial charge in [0.05, 0.1) is 0 Å². The van der Waals surface area contributed by atoms with Crippen molar-refractivity contribution in [2.45, 2.75) is 19.8 Å². The second kappa shape index (κ2) is 7.45. The normalized spacial score (nSPS) is 8.27. The summed E-state index contributed by atoms with van der Waals surface area (Å²) >= 11 is 0. The van der Waals surface area contributed by atoms with E-state index >= 15 is 0 Å². The molecule has 3 N–H and O–H groups in total. The molecule has 15 heavy (non-hydrogen) atoms. The van der Waals surface area contributed by atoms with Gasteiger partial charge >= 0.3 is 5.97 Å². The van der Waals surface area contributed by atoms with Crippen LogP contribution in [0.2, 0.25) is 0 Å². The summed E-state index contributed by atoms with van der Waals surface area (Å²) < 4.78 is 0. The molecule has 0 spiro atoms. The van der Waals surface area contributed by atoms with Gasteiger partial charge in [-0.2, -0.15) is 0 Å². The SMILES string of the molecule is C#CC.Nc1ccc(CCC(=O)O)cc1. The standard InChI is InChI=1S/C9H11NO2.C3H4/c10-8-4-1-7(2-5-8)3-6-9(11)12;1-3-2/h1-2,4-5H,3,6,10H2,(H,11,12);1H,2H3. The number of carboxylic acids is 1. The molecule has 0 aliphatic rings. The lowest BCUT2D eigenvalue weighted by molar-refractivity contribution is -0.136. The Morgan fingerprint density at radius 2 is 1.93 bits per heavy atom. The van der Waals surface area contributed by atoms with Crippen molar-refractivity contribution in [3.05, 3.63) is 29.8 Å². The van der Waals surface area contributed by atoms with Crippen LogP contribution in [-0.2, 0) is 11.2 Å². The molecule has 0 heterocycles. The lowest BCUT2D eigenvalue weighted by atomic mass is 10.1. The molecule has 0 amide bonds. The Morgan fingerprint density at radius 1 is 1.47 bits per heavy atom. The summed E-state index contributed by atoms with van der Waals surface area (Å²) in [6, 6.07) is 7.24. The first-order valence-corrected chi connectivity index (χ1v) is 4.53. The van der Waals surface area contributed by atoms with E-state index in [0.29, 0.717) is 12.1 Å². The fraction of sp³-hybridized carbons (Fsp3) is 0.250. The lowest BCUT2D eigenvalue weighted by Crippen LogP contribution is -1.97. The Balaban J connectivity index is 0.000000583. The molecule has 0 fully saturated rings. The van der Waals surface area contributed by atoms with E-state index in [-0.39, 0.29) is 6.42 Å². The Morgan fingerprint density at radius 3 is 2.33 bits per heavy atom. The number of hydrogen-bond acceptors (Lipinski definition) is 2. The maximum Gasteiger partial charge on any atom is 0.303 e. The number of nitrogen functional groups attached to an aromatic ring is 1. The minimum absolute atomic E-state index is 0.171. The lowest BCUT2D eigenvalue weighted by Gasteiger charge is -1.98. The molecule has 0 radical (unpaired) electrons. The number of benzene rings is 1. The van der Waals surface area contributed by atoms with Crippen molar-refractivity contribution in [1.82, 2.24) is 0 Å². The van der Waals surface area contributed by atoms with E-state index in [1.165, 1.54) is 0 Å². The van der Waals surface area contributed by atoms with Crippen molar-refractivity contribution in [3.8, 4) is 12.3 Å². The smallest absolute Gasteiger partial charge is 0.303 e. The van der Waals surface area contributed by atoms with Gasteiger partial charge in [0.15, 0.2) is 0 Å². The molecule has 3 heteroatoms. The second-order valence-corrected chi connectivity index (χ2v) is 2.92. The summed E-state index contributed by atoms with van der Waals surface area (Å²) in [5, 5.41) is 8.40. The fourth-order valence-corrected chi connectivity index (χ4v) is 0.936. The average molecular weight is 205 g/mol. The number of rotatable bonds is 3. The number of terminal acetylenes is 1. The monoisotopic (exact) mass is 205 g/mol. The van der Waals surface area contributed by atoms with Gasteiger partial charge in [-0.15, -0.1) is 12.3 Å². The molecule has 0 atom stereocenters. The summed E-state index contributed by atoms with van der Waals surface area (Å²) in [5.74, 6) is 1.48. The molecular formula is C12H15NO2. The van der Waals surface area contributed by atoms with E-state index in [4.69, 9.17) is 10.8 Å². The van der Waals surface area contributed by atoms with Gasteiger partial charge in [-0.3, -0.25) is 4.79 Å². The Labute approximate surface area is 89.9 Å². The van der Waals surface area contributed by atoms with Crippen LogP contribution in [0.25, 0.3) is 0 Å². The van der Waals surface area contributed by atoms with Crippen molar-refractivity contribution >= 4 is 11.7 Å². The van der Waals surface area contributed by atoms with Gasteiger partial charge in [0.1, 0.15) is 0 Å². The molecule has 0 saturated heterocycles. The number of aryl methyl sites for hydroxylation is 1. The minimum atomic E-state index is -0.771. The van der Waals surface area contributed by atoms with E-state index in [1.807, 2.05) is 12.1 Å². The number of carboxylic acid groups (broad SMARTS) is 1. The second-order valence-electron chi connectivity index (χ2n) is 2.92. The van der Waals surface area contributed by atoms with Crippen LogP contribution in [0, 0.1) is 12.3 Å². The quantitative estimate of drug-likeness (QED) is 0.585. The first kappa shape index (κ1) is 13.1. The average Bonchev–Trinajstić information content (AvgIpc) is 2.18. The van der Waals surface area contributed by atoms with Crippen LogP contribution in [0.1, 0.15) is 18.9 Å². The van der Waals surface area contributed by atoms with Crippen LogP contribution in [0.3, 0.4) is 0 Å². The van der Waals surface area contributed by atoms with E-state index in [0.717, 1.165) is 5.56 Å². The third kappa shape index (κ3) is 7.15. The van der Waals surface area contributed by atoms with Gasteiger partial charge in [0.25, 0.3) is 0 Å². The molecule has 0 unspecified atom stereocenters. The predicted molar refractivity (Wildman–Crippen MR) is 61.3 cm³/mol. The van der Waals surface area contributed by atoms with Crippen LogP contribution in [-0.4, -0.2) is 11.1 Å². The Hall–Kier alpha value is -1.95. The first-order valence-electron chi connectivity index (χ1n) is 4.53. The molecule has 0 aromatic heterocycles. The summed E-state index contributed by atoms with van der Waals surface area (Å²) in [6.45, 7) is 1.65. The topological polar surface area (TPSA) is 63.3 Å². The summed E-state index contributed by atoms with van der Waals surface area (Å²) in [4.78, 5) is 10.2. The van der Waals surface area contributed by atoms with E-state index in [2.05, 4.69) is 12.3 Å². The van der Waals surface area contributed by atoms with Gasteiger partial charge < -0.3 is 10.8 Å². The van der Waals surface area contributed by atoms with Crippen LogP contribution in [0.15, 0.2) is 24.3 Å². The molecule has 0 saturated carbocycles. The van der Waals surface area contributed by atoms with Crippen molar-refractivity contribution in [3.63, 3.8) is 0 Å². The van der Waals surface area contributed by atoms with Crippen LogP contribution in [0.5, 0.6) is 0 Å². The van der Waals surface area contributed by atoms with Crippen LogP contribution < -0.4 is 5.73 Å². The number of hydrogen-bond donors (Lipinski definition) is 2. The maximum absolute atomic E-state index is 10.2. The van der Waals surface area contributed by atoms with Gasteiger partial charge in [-0.1, -0.05) is 12.1 Å². The van der Waals surface area contributed by atoms with E-state index < -0.39 is 5.97 Å². The zero-order chi connectivity index (χ0) is 11.7. The number of nitrogens with two attached hydrogens (primary N) is 1. The van der Waals surface area contributed by atoms with E-state index in [1.54, 1.807) is 19.1 Å². The summed E-state index contributed by atoms with van der Waals surface area (Å²) in [5.41, 5.74) is 7.18. The third-order valence-electron chi connectivity index (χ3n) is 1.61. The largest absolute Gasteiger partial charge is 0.481 e. The highest BCUT2D eigenvalue weighted by atomic mass is 16.4. The number of anilines is 1. The van der Waals surface area contributed by atoms with Crippen molar-refractivity contribution < 1.29 is 9.90 Å². The molecule has 1 rings (SSSR count).